The van der Waals surface area contributed by atoms with Gasteiger partial charge in [0.25, 0.3) is 0 Å². The standard InChI is InChI=1S/C16H17F2NO/c1-20-13-7-6-11-4-2-3-5-12(11)14(13)15(10-19)8-16(17,18)9-15/h2-7H,8-10,19H2,1H3. The summed E-state index contributed by atoms with van der Waals surface area (Å²) < 4.78 is 32.3. The van der Waals surface area contributed by atoms with Gasteiger partial charge >= 0.3 is 0 Å². The van der Waals surface area contributed by atoms with Crippen molar-refractivity contribution in [2.24, 2.45) is 5.73 Å². The number of methoxy groups -OCH3 is 1. The van der Waals surface area contributed by atoms with Crippen LogP contribution in [0.25, 0.3) is 10.8 Å². The van der Waals surface area contributed by atoms with Gasteiger partial charge in [0.1, 0.15) is 5.75 Å². The molecule has 1 aliphatic rings. The van der Waals surface area contributed by atoms with E-state index in [4.69, 9.17) is 10.5 Å². The van der Waals surface area contributed by atoms with Crippen LogP contribution < -0.4 is 10.5 Å². The predicted molar refractivity (Wildman–Crippen MR) is 75.4 cm³/mol. The topological polar surface area (TPSA) is 35.2 Å². The Balaban J connectivity index is 2.23. The van der Waals surface area contributed by atoms with E-state index in [1.54, 1.807) is 7.11 Å². The minimum absolute atomic E-state index is 0.201. The minimum atomic E-state index is -2.62. The second-order valence-corrected chi connectivity index (χ2v) is 5.56. The van der Waals surface area contributed by atoms with Gasteiger partial charge in [-0.3, -0.25) is 0 Å². The summed E-state index contributed by atoms with van der Waals surface area (Å²) in [6.07, 6.45) is -0.415. The van der Waals surface area contributed by atoms with Crippen molar-refractivity contribution in [2.75, 3.05) is 13.7 Å². The van der Waals surface area contributed by atoms with Gasteiger partial charge in [-0.25, -0.2) is 8.78 Å². The molecule has 1 saturated carbocycles. The number of nitrogens with two attached hydrogens (primary N) is 1. The maximum Gasteiger partial charge on any atom is 0.250 e. The van der Waals surface area contributed by atoms with Gasteiger partial charge < -0.3 is 10.5 Å². The summed E-state index contributed by atoms with van der Waals surface area (Å²) in [7, 11) is 1.56. The summed E-state index contributed by atoms with van der Waals surface area (Å²) in [6, 6.07) is 11.5. The highest BCUT2D eigenvalue weighted by molar-refractivity contribution is 5.89. The molecule has 0 aliphatic heterocycles. The summed E-state index contributed by atoms with van der Waals surface area (Å²) in [5.41, 5.74) is 5.99. The lowest BCUT2D eigenvalue weighted by Crippen LogP contribution is -2.53. The molecule has 1 aliphatic carbocycles. The monoisotopic (exact) mass is 277 g/mol. The van der Waals surface area contributed by atoms with E-state index in [9.17, 15) is 8.78 Å². The smallest absolute Gasteiger partial charge is 0.250 e. The van der Waals surface area contributed by atoms with Crippen LogP contribution in [0.4, 0.5) is 8.78 Å². The number of hydrogen-bond donors (Lipinski definition) is 1. The van der Waals surface area contributed by atoms with Crippen LogP contribution in [0, 0.1) is 0 Å². The van der Waals surface area contributed by atoms with Crippen molar-refractivity contribution in [1.82, 2.24) is 0 Å². The molecule has 2 aromatic rings. The van der Waals surface area contributed by atoms with Crippen molar-refractivity contribution < 1.29 is 13.5 Å². The molecular weight excluding hydrogens is 260 g/mol. The molecule has 0 saturated heterocycles. The molecule has 1 fully saturated rings. The van der Waals surface area contributed by atoms with Gasteiger partial charge in [0, 0.05) is 30.4 Å². The van der Waals surface area contributed by atoms with E-state index in [1.165, 1.54) is 0 Å². The molecular formula is C16H17F2NO. The molecule has 106 valence electrons. The number of benzene rings is 2. The largest absolute Gasteiger partial charge is 0.496 e. The number of rotatable bonds is 3. The van der Waals surface area contributed by atoms with Gasteiger partial charge in [0.15, 0.2) is 0 Å². The Labute approximate surface area is 116 Å². The SMILES string of the molecule is COc1ccc2ccccc2c1C1(CN)CC(F)(F)C1. The molecule has 3 rings (SSSR count). The highest BCUT2D eigenvalue weighted by Gasteiger charge is 2.57. The van der Waals surface area contributed by atoms with Gasteiger partial charge in [0.05, 0.1) is 7.11 Å². The summed E-state index contributed by atoms with van der Waals surface area (Å²) in [6.45, 7) is 0.201. The zero-order valence-corrected chi connectivity index (χ0v) is 11.3. The Bertz CT molecular complexity index is 646. The molecule has 0 spiro atoms. The predicted octanol–water partition coefficient (Wildman–Crippen LogP) is 3.47. The van der Waals surface area contributed by atoms with E-state index < -0.39 is 11.3 Å². The fraction of sp³-hybridized carbons (Fsp3) is 0.375. The third kappa shape index (κ3) is 1.86. The van der Waals surface area contributed by atoms with E-state index in [2.05, 4.69) is 0 Å². The highest BCUT2D eigenvalue weighted by Crippen LogP contribution is 2.56. The number of alkyl halides is 2. The molecule has 2 aromatic carbocycles. The molecule has 2 nitrogen and oxygen atoms in total. The van der Waals surface area contributed by atoms with Gasteiger partial charge in [-0.2, -0.15) is 0 Å². The fourth-order valence-electron chi connectivity index (χ4n) is 3.33. The first-order valence-corrected chi connectivity index (χ1v) is 6.65. The number of fused-ring (bicyclic) bond motifs is 1. The molecule has 2 N–H and O–H groups in total. The van der Waals surface area contributed by atoms with E-state index in [-0.39, 0.29) is 19.4 Å². The summed E-state index contributed by atoms with van der Waals surface area (Å²) in [4.78, 5) is 0. The second kappa shape index (κ2) is 4.42. The number of ether oxygens (including phenoxy) is 1. The number of halogens is 2. The highest BCUT2D eigenvalue weighted by atomic mass is 19.3. The lowest BCUT2D eigenvalue weighted by molar-refractivity contribution is -0.123. The summed E-state index contributed by atoms with van der Waals surface area (Å²) in [5, 5.41) is 1.97. The lowest BCUT2D eigenvalue weighted by atomic mass is 9.61. The molecule has 0 heterocycles. The van der Waals surface area contributed by atoms with Crippen molar-refractivity contribution in [3.63, 3.8) is 0 Å². The summed E-state index contributed by atoms with van der Waals surface area (Å²) in [5.74, 6) is -1.98. The van der Waals surface area contributed by atoms with E-state index in [0.29, 0.717) is 5.75 Å². The van der Waals surface area contributed by atoms with Crippen molar-refractivity contribution in [3.05, 3.63) is 42.0 Å². The second-order valence-electron chi connectivity index (χ2n) is 5.56. The molecule has 20 heavy (non-hydrogen) atoms. The van der Waals surface area contributed by atoms with E-state index >= 15 is 0 Å². The van der Waals surface area contributed by atoms with Crippen LogP contribution in [0.1, 0.15) is 18.4 Å². The average molecular weight is 277 g/mol. The minimum Gasteiger partial charge on any atom is -0.496 e. The van der Waals surface area contributed by atoms with Crippen LogP contribution in [0.15, 0.2) is 36.4 Å². The zero-order valence-electron chi connectivity index (χ0n) is 11.3. The van der Waals surface area contributed by atoms with Gasteiger partial charge in [-0.05, 0) is 16.8 Å². The third-order valence-electron chi connectivity index (χ3n) is 4.23. The molecule has 0 atom stereocenters. The third-order valence-corrected chi connectivity index (χ3v) is 4.23. The average Bonchev–Trinajstić information content (AvgIpc) is 2.43. The number of hydrogen-bond acceptors (Lipinski definition) is 2. The van der Waals surface area contributed by atoms with Crippen LogP contribution in [-0.2, 0) is 5.41 Å². The molecule has 0 bridgehead atoms. The van der Waals surface area contributed by atoms with E-state index in [1.807, 2.05) is 36.4 Å². The molecule has 0 unspecified atom stereocenters. The maximum absolute atomic E-state index is 13.4. The quantitative estimate of drug-likeness (QED) is 0.932. The van der Waals surface area contributed by atoms with Crippen LogP contribution in [0.3, 0.4) is 0 Å². The Morgan fingerprint density at radius 3 is 2.45 bits per heavy atom. The molecule has 0 radical (unpaired) electrons. The molecule has 0 aromatic heterocycles. The van der Waals surface area contributed by atoms with Crippen LogP contribution in [0.5, 0.6) is 5.75 Å². The first-order chi connectivity index (χ1) is 9.51. The Kier molecular flexibility index (Phi) is 2.94. The first-order valence-electron chi connectivity index (χ1n) is 6.65. The van der Waals surface area contributed by atoms with Crippen molar-refractivity contribution in [3.8, 4) is 5.75 Å². The van der Waals surface area contributed by atoms with Crippen LogP contribution in [0.2, 0.25) is 0 Å². The maximum atomic E-state index is 13.4. The normalized spacial score (nSPS) is 19.6. The summed E-state index contributed by atoms with van der Waals surface area (Å²) >= 11 is 0. The van der Waals surface area contributed by atoms with Gasteiger partial charge in [-0.15, -0.1) is 0 Å². The van der Waals surface area contributed by atoms with Gasteiger partial charge in [0.2, 0.25) is 5.92 Å². The van der Waals surface area contributed by atoms with Gasteiger partial charge in [-0.1, -0.05) is 30.3 Å². The first kappa shape index (κ1) is 13.3. The Hall–Kier alpha value is -1.68. The van der Waals surface area contributed by atoms with Crippen molar-refractivity contribution >= 4 is 10.8 Å². The van der Waals surface area contributed by atoms with E-state index in [0.717, 1.165) is 16.3 Å². The Morgan fingerprint density at radius 1 is 1.15 bits per heavy atom. The van der Waals surface area contributed by atoms with Crippen LogP contribution >= 0.6 is 0 Å². The van der Waals surface area contributed by atoms with Crippen molar-refractivity contribution in [1.29, 1.82) is 0 Å². The lowest BCUT2D eigenvalue weighted by Gasteiger charge is -2.48. The fourth-order valence-corrected chi connectivity index (χ4v) is 3.33. The van der Waals surface area contributed by atoms with Crippen LogP contribution in [-0.4, -0.2) is 19.6 Å². The Morgan fingerprint density at radius 2 is 1.85 bits per heavy atom. The molecule has 4 heteroatoms. The zero-order chi connectivity index (χ0) is 14.4. The molecule has 0 amide bonds. The van der Waals surface area contributed by atoms with Crippen molar-refractivity contribution in [2.45, 2.75) is 24.2 Å².